The van der Waals surface area contributed by atoms with E-state index in [0.717, 1.165) is 30.6 Å². The predicted octanol–water partition coefficient (Wildman–Crippen LogP) is 2.94. The normalized spacial score (nSPS) is 24.6. The zero-order valence-corrected chi connectivity index (χ0v) is 12.2. The van der Waals surface area contributed by atoms with Gasteiger partial charge in [0.1, 0.15) is 6.54 Å². The topological polar surface area (TPSA) is 46.3 Å². The van der Waals surface area contributed by atoms with Gasteiger partial charge in [0, 0.05) is 12.6 Å². The van der Waals surface area contributed by atoms with Gasteiger partial charge in [-0.1, -0.05) is 33.1 Å². The maximum atomic E-state index is 12.6. The van der Waals surface area contributed by atoms with Crippen molar-refractivity contribution in [1.29, 1.82) is 0 Å². The summed E-state index contributed by atoms with van der Waals surface area (Å²) in [6, 6.07) is -0.312. The lowest BCUT2D eigenvalue weighted by atomic mass is 9.93. The van der Waals surface area contributed by atoms with Crippen molar-refractivity contribution in [1.82, 2.24) is 4.90 Å². The molecule has 0 heterocycles. The standard InChI is InChI=1S/C14H25F3N2O/c1-10(2)8-19(9-14(15,16)17)13(20)11-6-4-3-5-7-12(11)18/h10-12H,3-9,18H2,1-2H3. The molecule has 1 saturated carbocycles. The minimum Gasteiger partial charge on any atom is -0.333 e. The summed E-state index contributed by atoms with van der Waals surface area (Å²) in [4.78, 5) is 13.4. The molecule has 2 N–H and O–H groups in total. The summed E-state index contributed by atoms with van der Waals surface area (Å²) >= 11 is 0. The van der Waals surface area contributed by atoms with Gasteiger partial charge in [0.05, 0.1) is 5.92 Å². The Bertz CT molecular complexity index is 318. The van der Waals surface area contributed by atoms with Crippen LogP contribution in [0.1, 0.15) is 46.0 Å². The third-order valence-electron chi connectivity index (χ3n) is 3.65. The van der Waals surface area contributed by atoms with Gasteiger partial charge in [-0.05, 0) is 18.8 Å². The molecular weight excluding hydrogens is 269 g/mol. The van der Waals surface area contributed by atoms with Gasteiger partial charge in [0.2, 0.25) is 5.91 Å². The lowest BCUT2D eigenvalue weighted by Gasteiger charge is -2.31. The minimum absolute atomic E-state index is 0.00306. The number of nitrogens with zero attached hydrogens (tertiary/aromatic N) is 1. The van der Waals surface area contributed by atoms with Crippen LogP contribution in [-0.4, -0.2) is 36.1 Å². The summed E-state index contributed by atoms with van der Waals surface area (Å²) in [6.07, 6.45) is -0.218. The molecule has 1 rings (SSSR count). The summed E-state index contributed by atoms with van der Waals surface area (Å²) in [5, 5.41) is 0. The molecule has 2 atom stereocenters. The van der Waals surface area contributed by atoms with Crippen LogP contribution in [0.15, 0.2) is 0 Å². The molecule has 6 heteroatoms. The van der Waals surface area contributed by atoms with Gasteiger partial charge < -0.3 is 10.6 Å². The fourth-order valence-electron chi connectivity index (χ4n) is 2.77. The van der Waals surface area contributed by atoms with Crippen LogP contribution in [0.3, 0.4) is 0 Å². The van der Waals surface area contributed by atoms with E-state index in [4.69, 9.17) is 5.73 Å². The van der Waals surface area contributed by atoms with Crippen molar-refractivity contribution in [2.75, 3.05) is 13.1 Å². The second kappa shape index (κ2) is 7.29. The molecule has 1 aliphatic carbocycles. The quantitative estimate of drug-likeness (QED) is 0.810. The van der Waals surface area contributed by atoms with Crippen LogP contribution < -0.4 is 5.73 Å². The monoisotopic (exact) mass is 294 g/mol. The molecule has 0 saturated heterocycles. The van der Waals surface area contributed by atoms with Crippen molar-refractivity contribution in [2.24, 2.45) is 17.6 Å². The van der Waals surface area contributed by atoms with Crippen molar-refractivity contribution in [3.8, 4) is 0 Å². The molecule has 0 spiro atoms. The highest BCUT2D eigenvalue weighted by molar-refractivity contribution is 5.79. The van der Waals surface area contributed by atoms with Crippen molar-refractivity contribution in [2.45, 2.75) is 58.2 Å². The van der Waals surface area contributed by atoms with E-state index < -0.39 is 24.5 Å². The van der Waals surface area contributed by atoms with Crippen LogP contribution in [0, 0.1) is 11.8 Å². The Labute approximate surface area is 118 Å². The van der Waals surface area contributed by atoms with Crippen molar-refractivity contribution in [3.63, 3.8) is 0 Å². The average molecular weight is 294 g/mol. The molecule has 0 aromatic rings. The SMILES string of the molecule is CC(C)CN(CC(F)(F)F)C(=O)C1CCCCCC1N. The molecule has 2 unspecified atom stereocenters. The van der Waals surface area contributed by atoms with E-state index in [1.165, 1.54) is 0 Å². The number of hydrogen-bond acceptors (Lipinski definition) is 2. The van der Waals surface area contributed by atoms with E-state index >= 15 is 0 Å². The highest BCUT2D eigenvalue weighted by Crippen LogP contribution is 2.26. The van der Waals surface area contributed by atoms with Gasteiger partial charge in [-0.2, -0.15) is 13.2 Å². The summed E-state index contributed by atoms with van der Waals surface area (Å²) in [7, 11) is 0. The van der Waals surface area contributed by atoms with E-state index in [2.05, 4.69) is 0 Å². The number of alkyl halides is 3. The molecule has 0 bridgehead atoms. The van der Waals surface area contributed by atoms with Crippen LogP contribution in [0.2, 0.25) is 0 Å². The number of carbonyl (C=O) groups is 1. The molecule has 1 amide bonds. The van der Waals surface area contributed by atoms with E-state index in [-0.39, 0.29) is 18.5 Å². The number of amides is 1. The number of nitrogens with two attached hydrogens (primary N) is 1. The van der Waals surface area contributed by atoms with Crippen LogP contribution >= 0.6 is 0 Å². The number of hydrogen-bond donors (Lipinski definition) is 1. The second-order valence-electron chi connectivity index (χ2n) is 6.14. The first-order valence-corrected chi connectivity index (χ1v) is 7.32. The lowest BCUT2D eigenvalue weighted by Crippen LogP contribution is -2.48. The Kier molecular flexibility index (Phi) is 6.30. The molecule has 0 aliphatic heterocycles. The van der Waals surface area contributed by atoms with Gasteiger partial charge in [-0.3, -0.25) is 4.79 Å². The molecule has 118 valence electrons. The van der Waals surface area contributed by atoms with Gasteiger partial charge >= 0.3 is 6.18 Å². The third-order valence-corrected chi connectivity index (χ3v) is 3.65. The zero-order valence-electron chi connectivity index (χ0n) is 12.2. The summed E-state index contributed by atoms with van der Waals surface area (Å²) < 4.78 is 37.9. The van der Waals surface area contributed by atoms with Crippen molar-refractivity contribution in [3.05, 3.63) is 0 Å². The van der Waals surface area contributed by atoms with Gasteiger partial charge in [-0.15, -0.1) is 0 Å². The molecular formula is C14H25F3N2O. The summed E-state index contributed by atoms with van der Waals surface area (Å²) in [5.41, 5.74) is 5.98. The fourth-order valence-corrected chi connectivity index (χ4v) is 2.77. The second-order valence-corrected chi connectivity index (χ2v) is 6.14. The van der Waals surface area contributed by atoms with Crippen LogP contribution in [-0.2, 0) is 4.79 Å². The Balaban J connectivity index is 2.79. The van der Waals surface area contributed by atoms with E-state index in [0.29, 0.717) is 6.42 Å². The van der Waals surface area contributed by atoms with Crippen molar-refractivity contribution < 1.29 is 18.0 Å². The smallest absolute Gasteiger partial charge is 0.333 e. The Morgan fingerprint density at radius 3 is 2.40 bits per heavy atom. The predicted molar refractivity (Wildman–Crippen MR) is 72.0 cm³/mol. The summed E-state index contributed by atoms with van der Waals surface area (Å²) in [5.74, 6) is -0.882. The zero-order chi connectivity index (χ0) is 15.3. The third kappa shape index (κ3) is 5.69. The maximum Gasteiger partial charge on any atom is 0.406 e. The summed E-state index contributed by atoms with van der Waals surface area (Å²) in [6.45, 7) is 2.57. The molecule has 0 radical (unpaired) electrons. The van der Waals surface area contributed by atoms with Crippen LogP contribution in [0.25, 0.3) is 0 Å². The number of rotatable bonds is 4. The fraction of sp³-hybridized carbons (Fsp3) is 0.929. The first kappa shape index (κ1) is 17.3. The van der Waals surface area contributed by atoms with Crippen LogP contribution in [0.4, 0.5) is 13.2 Å². The molecule has 20 heavy (non-hydrogen) atoms. The van der Waals surface area contributed by atoms with Crippen LogP contribution in [0.5, 0.6) is 0 Å². The maximum absolute atomic E-state index is 12.6. The van der Waals surface area contributed by atoms with Gasteiger partial charge in [0.15, 0.2) is 0 Å². The molecule has 1 fully saturated rings. The average Bonchev–Trinajstić information content (AvgIpc) is 2.49. The minimum atomic E-state index is -4.36. The Morgan fingerprint density at radius 1 is 1.25 bits per heavy atom. The highest BCUT2D eigenvalue weighted by atomic mass is 19.4. The Hall–Kier alpha value is -0.780. The first-order valence-electron chi connectivity index (χ1n) is 7.32. The molecule has 1 aliphatic rings. The molecule has 0 aromatic heterocycles. The van der Waals surface area contributed by atoms with Gasteiger partial charge in [0.25, 0.3) is 0 Å². The van der Waals surface area contributed by atoms with Gasteiger partial charge in [-0.25, -0.2) is 0 Å². The number of carbonyl (C=O) groups excluding carboxylic acids is 1. The number of halogens is 3. The Morgan fingerprint density at radius 2 is 1.85 bits per heavy atom. The largest absolute Gasteiger partial charge is 0.406 e. The van der Waals surface area contributed by atoms with Crippen molar-refractivity contribution >= 4 is 5.91 Å². The van der Waals surface area contributed by atoms with E-state index in [1.54, 1.807) is 0 Å². The lowest BCUT2D eigenvalue weighted by molar-refractivity contribution is -0.165. The first-order chi connectivity index (χ1) is 9.20. The van der Waals surface area contributed by atoms with E-state index in [1.807, 2.05) is 13.8 Å². The van der Waals surface area contributed by atoms with E-state index in [9.17, 15) is 18.0 Å². The molecule has 0 aromatic carbocycles. The molecule has 3 nitrogen and oxygen atoms in total. The highest BCUT2D eigenvalue weighted by Gasteiger charge is 2.37.